The topological polar surface area (TPSA) is 222 Å². The summed E-state index contributed by atoms with van der Waals surface area (Å²) in [6, 6.07) is 3.68. The molecule has 0 aliphatic carbocycles. The molecule has 1 saturated heterocycles. The van der Waals surface area contributed by atoms with Crippen LogP contribution < -0.4 is 5.43 Å². The number of hydrogen-bond acceptors (Lipinski definition) is 12. The van der Waals surface area contributed by atoms with Crippen LogP contribution in [0.5, 0.6) is 28.7 Å². The summed E-state index contributed by atoms with van der Waals surface area (Å²) in [5.41, 5.74) is -1.72. The summed E-state index contributed by atoms with van der Waals surface area (Å²) in [6.07, 6.45) is -8.26. The van der Waals surface area contributed by atoms with E-state index in [-0.39, 0.29) is 16.9 Å². The highest BCUT2D eigenvalue weighted by Gasteiger charge is 2.46. The van der Waals surface area contributed by atoms with Gasteiger partial charge in [0.2, 0.25) is 0 Å². The highest BCUT2D eigenvalue weighted by molar-refractivity contribution is 5.89. The van der Waals surface area contributed by atoms with E-state index in [1.807, 2.05) is 0 Å². The lowest BCUT2D eigenvalue weighted by molar-refractivity contribution is -0.231. The lowest BCUT2D eigenvalue weighted by Crippen LogP contribution is -2.55. The van der Waals surface area contributed by atoms with Crippen LogP contribution in [0.3, 0.4) is 0 Å². The Hall–Kier alpha value is -3.55. The molecule has 1 aromatic heterocycles. The number of fused-ring (bicyclic) bond motifs is 1. The standard InChI is InChI=1S/C21H20O12/c22-5-13-17(29)18(30)19(31)21(33-13)15-8(24)3-7(23)14-9(25)4-12(32-20(14)15)6-1-10(26)16(28)11(27)2-6/h1-4,13,17-19,21-24,26-31H,5H2/t13-,17-,18+,19+,21+/m1/s1. The number of phenols is 5. The van der Waals surface area contributed by atoms with Gasteiger partial charge >= 0.3 is 0 Å². The van der Waals surface area contributed by atoms with Gasteiger partial charge in [0, 0.05) is 17.7 Å². The predicted molar refractivity (Wildman–Crippen MR) is 109 cm³/mol. The second kappa shape index (κ2) is 8.10. The van der Waals surface area contributed by atoms with Gasteiger partial charge in [0.05, 0.1) is 12.2 Å². The van der Waals surface area contributed by atoms with Crippen molar-refractivity contribution in [1.29, 1.82) is 0 Å². The van der Waals surface area contributed by atoms with Crippen molar-refractivity contribution < 1.29 is 55.1 Å². The summed E-state index contributed by atoms with van der Waals surface area (Å²) in [7, 11) is 0. The van der Waals surface area contributed by atoms with E-state index in [0.717, 1.165) is 24.3 Å². The van der Waals surface area contributed by atoms with Crippen molar-refractivity contribution in [2.24, 2.45) is 0 Å². The molecule has 12 nitrogen and oxygen atoms in total. The van der Waals surface area contributed by atoms with Crippen LogP contribution in [0.4, 0.5) is 0 Å². The summed E-state index contributed by atoms with van der Waals surface area (Å²) < 4.78 is 11.1. The molecule has 2 heterocycles. The van der Waals surface area contributed by atoms with E-state index in [2.05, 4.69) is 0 Å². The minimum Gasteiger partial charge on any atom is -0.507 e. The van der Waals surface area contributed by atoms with E-state index in [1.165, 1.54) is 0 Å². The van der Waals surface area contributed by atoms with Gasteiger partial charge < -0.3 is 55.1 Å². The van der Waals surface area contributed by atoms with Crippen molar-refractivity contribution in [2.45, 2.75) is 30.5 Å². The fourth-order valence-electron chi connectivity index (χ4n) is 3.83. The zero-order chi connectivity index (χ0) is 24.2. The smallest absolute Gasteiger partial charge is 0.200 e. The maximum atomic E-state index is 12.8. The Morgan fingerprint density at radius 3 is 2.03 bits per heavy atom. The van der Waals surface area contributed by atoms with Gasteiger partial charge in [0.25, 0.3) is 0 Å². The molecule has 5 atom stereocenters. The average molecular weight is 464 g/mol. The van der Waals surface area contributed by atoms with E-state index in [0.29, 0.717) is 0 Å². The van der Waals surface area contributed by atoms with E-state index in [9.17, 15) is 50.8 Å². The van der Waals surface area contributed by atoms with Crippen LogP contribution >= 0.6 is 0 Å². The lowest BCUT2D eigenvalue weighted by atomic mass is 9.89. The third-order valence-electron chi connectivity index (χ3n) is 5.53. The summed E-state index contributed by atoms with van der Waals surface area (Å²) in [5, 5.41) is 89.5. The van der Waals surface area contributed by atoms with E-state index in [4.69, 9.17) is 9.15 Å². The Kier molecular flexibility index (Phi) is 5.56. The molecule has 2 aromatic carbocycles. The van der Waals surface area contributed by atoms with Gasteiger partial charge in [-0.25, -0.2) is 0 Å². The molecule has 1 fully saturated rings. The van der Waals surface area contributed by atoms with Crippen LogP contribution in [-0.4, -0.2) is 77.0 Å². The third kappa shape index (κ3) is 3.59. The molecule has 176 valence electrons. The Balaban J connectivity index is 1.99. The zero-order valence-electron chi connectivity index (χ0n) is 16.7. The minimum atomic E-state index is -1.84. The molecule has 1 aliphatic heterocycles. The Bertz CT molecular complexity index is 1260. The number of aromatic hydroxyl groups is 5. The molecule has 0 unspecified atom stereocenters. The van der Waals surface area contributed by atoms with Gasteiger partial charge in [0.15, 0.2) is 28.3 Å². The Morgan fingerprint density at radius 2 is 1.42 bits per heavy atom. The summed E-state index contributed by atoms with van der Waals surface area (Å²) in [5.74, 6) is -3.89. The molecule has 0 spiro atoms. The maximum Gasteiger partial charge on any atom is 0.200 e. The molecule has 0 bridgehead atoms. The number of benzene rings is 2. The van der Waals surface area contributed by atoms with Crippen LogP contribution in [0.25, 0.3) is 22.3 Å². The second-order valence-electron chi connectivity index (χ2n) is 7.62. The second-order valence-corrected chi connectivity index (χ2v) is 7.62. The largest absolute Gasteiger partial charge is 0.507 e. The van der Waals surface area contributed by atoms with E-state index in [1.54, 1.807) is 0 Å². The Labute approximate surface area is 184 Å². The number of rotatable bonds is 3. The first-order valence-electron chi connectivity index (χ1n) is 9.63. The summed E-state index contributed by atoms with van der Waals surface area (Å²) in [4.78, 5) is 12.8. The number of hydrogen-bond donors (Lipinski definition) is 9. The van der Waals surface area contributed by atoms with Gasteiger partial charge in [-0.1, -0.05) is 0 Å². The molecular formula is C21H20O12. The normalized spacial score (nSPS) is 25.4. The van der Waals surface area contributed by atoms with Gasteiger partial charge in [0.1, 0.15) is 53.2 Å². The molecule has 3 aromatic rings. The predicted octanol–water partition coefficient (Wildman–Crippen LogP) is -0.497. The molecule has 33 heavy (non-hydrogen) atoms. The number of ether oxygens (including phenoxy) is 1. The van der Waals surface area contributed by atoms with Gasteiger partial charge in [-0.3, -0.25) is 4.79 Å². The molecule has 4 rings (SSSR count). The first-order valence-corrected chi connectivity index (χ1v) is 9.63. The van der Waals surface area contributed by atoms with E-state index >= 15 is 0 Å². The SMILES string of the molecule is O=c1cc(-c2cc(O)c(O)c(O)c2)oc2c([C@@H]3O[C@H](CO)[C@@H](O)[C@H](O)[C@@H]3O)c(O)cc(O)c12. The highest BCUT2D eigenvalue weighted by atomic mass is 16.5. The molecule has 0 amide bonds. The van der Waals surface area contributed by atoms with Crippen molar-refractivity contribution in [2.75, 3.05) is 6.61 Å². The molecule has 9 N–H and O–H groups in total. The van der Waals surface area contributed by atoms with E-state index < -0.39 is 82.3 Å². The summed E-state index contributed by atoms with van der Waals surface area (Å²) >= 11 is 0. The monoisotopic (exact) mass is 464 g/mol. The zero-order valence-corrected chi connectivity index (χ0v) is 16.7. The number of aliphatic hydroxyl groups is 4. The minimum absolute atomic E-state index is 0.0654. The van der Waals surface area contributed by atoms with Crippen LogP contribution in [0.2, 0.25) is 0 Å². The Morgan fingerprint density at radius 1 is 0.788 bits per heavy atom. The first-order chi connectivity index (χ1) is 15.5. The fraction of sp³-hybridized carbons (Fsp3) is 0.286. The van der Waals surface area contributed by atoms with Crippen molar-refractivity contribution in [3.05, 3.63) is 40.1 Å². The highest BCUT2D eigenvalue weighted by Crippen LogP contribution is 2.44. The summed E-state index contributed by atoms with van der Waals surface area (Å²) in [6.45, 7) is -0.751. The number of aliphatic hydroxyl groups excluding tert-OH is 4. The third-order valence-corrected chi connectivity index (χ3v) is 5.53. The molecule has 1 aliphatic rings. The fourth-order valence-corrected chi connectivity index (χ4v) is 3.83. The maximum absolute atomic E-state index is 12.8. The molecular weight excluding hydrogens is 444 g/mol. The molecule has 0 saturated carbocycles. The van der Waals surface area contributed by atoms with Crippen LogP contribution in [0.1, 0.15) is 11.7 Å². The lowest BCUT2D eigenvalue weighted by Gasteiger charge is -2.40. The van der Waals surface area contributed by atoms with Crippen molar-refractivity contribution in [3.8, 4) is 40.1 Å². The van der Waals surface area contributed by atoms with Gasteiger partial charge in [-0.05, 0) is 12.1 Å². The first kappa shape index (κ1) is 22.6. The van der Waals surface area contributed by atoms with Crippen LogP contribution in [0, 0.1) is 0 Å². The number of phenolic OH excluding ortho intramolecular Hbond substituents is 5. The van der Waals surface area contributed by atoms with Gasteiger partial charge in [-0.15, -0.1) is 0 Å². The van der Waals surface area contributed by atoms with Crippen molar-refractivity contribution >= 4 is 11.0 Å². The quantitative estimate of drug-likeness (QED) is 0.224. The average Bonchev–Trinajstić information content (AvgIpc) is 2.76. The molecule has 12 heteroatoms. The van der Waals surface area contributed by atoms with Gasteiger partial charge in [-0.2, -0.15) is 0 Å². The van der Waals surface area contributed by atoms with Crippen molar-refractivity contribution in [3.63, 3.8) is 0 Å². The van der Waals surface area contributed by atoms with Crippen LogP contribution in [0.15, 0.2) is 33.5 Å². The molecule has 0 radical (unpaired) electrons. The van der Waals surface area contributed by atoms with Crippen LogP contribution in [-0.2, 0) is 4.74 Å². The van der Waals surface area contributed by atoms with Crippen molar-refractivity contribution in [1.82, 2.24) is 0 Å².